The van der Waals surface area contributed by atoms with E-state index in [-0.39, 0.29) is 37.0 Å². The zero-order chi connectivity index (χ0) is 19.3. The minimum Gasteiger partial charge on any atom is -0.354 e. The average Bonchev–Trinajstić information content (AvgIpc) is 3.39. The van der Waals surface area contributed by atoms with Gasteiger partial charge in [0, 0.05) is 8.30 Å². The first-order valence-corrected chi connectivity index (χ1v) is 8.65. The number of anilines is 1. The van der Waals surface area contributed by atoms with Gasteiger partial charge in [-0.25, -0.2) is 15.0 Å². The zero-order valence-corrected chi connectivity index (χ0v) is 13.9. The molecule has 1 aliphatic carbocycles. The molecule has 26 heavy (non-hydrogen) atoms. The second kappa shape index (κ2) is 6.17. The van der Waals surface area contributed by atoms with Gasteiger partial charge in [-0.15, -0.1) is 0 Å². The van der Waals surface area contributed by atoms with Crippen LogP contribution in [0.15, 0.2) is 43.0 Å². The van der Waals surface area contributed by atoms with Gasteiger partial charge in [0.25, 0.3) is 5.91 Å². The Morgan fingerprint density at radius 3 is 2.96 bits per heavy atom. The van der Waals surface area contributed by atoms with Crippen LogP contribution in [0, 0.1) is 5.92 Å². The Bertz CT molecular complexity index is 1010. The number of benzene rings is 1. The molecule has 3 aromatic rings. The van der Waals surface area contributed by atoms with Crippen molar-refractivity contribution in [3.8, 4) is 0 Å². The number of hydrogen-bond donors (Lipinski definition) is 1. The van der Waals surface area contributed by atoms with E-state index in [1.807, 2.05) is 10.6 Å². The number of rotatable bonds is 3. The molecule has 5 rings (SSSR count). The van der Waals surface area contributed by atoms with E-state index in [0.717, 1.165) is 0 Å². The first-order valence-electron chi connectivity index (χ1n) is 9.81. The lowest BCUT2D eigenvalue weighted by Gasteiger charge is -2.14. The lowest BCUT2D eigenvalue weighted by atomic mass is 10.0. The molecule has 1 N–H and O–H groups in total. The van der Waals surface area contributed by atoms with E-state index in [2.05, 4.69) is 20.3 Å². The Labute approximate surface area is 153 Å². The van der Waals surface area contributed by atoms with Gasteiger partial charge in [0.2, 0.25) is 0 Å². The molecular weight excluding hydrogens is 330 g/mol. The van der Waals surface area contributed by atoms with Crippen LogP contribution in [-0.4, -0.2) is 31.5 Å². The van der Waals surface area contributed by atoms with Gasteiger partial charge in [-0.1, -0.05) is 24.6 Å². The normalized spacial score (nSPS) is 31.5. The van der Waals surface area contributed by atoms with Crippen molar-refractivity contribution in [3.63, 3.8) is 0 Å². The Kier molecular flexibility index (Phi) is 3.18. The van der Waals surface area contributed by atoms with Crippen LogP contribution < -0.4 is 5.32 Å². The maximum absolute atomic E-state index is 12.5. The van der Waals surface area contributed by atoms with Crippen molar-refractivity contribution < 1.29 is 12.3 Å². The molecule has 5 atom stereocenters. The molecule has 2 aromatic heterocycles. The topological polar surface area (TPSA) is 81.9 Å². The smallest absolute Gasteiger partial charge is 0.256 e. The molecule has 1 saturated heterocycles. The van der Waals surface area contributed by atoms with Gasteiger partial charge in [-0.05, 0) is 37.3 Å². The molecule has 1 aromatic carbocycles. The van der Waals surface area contributed by atoms with Crippen molar-refractivity contribution >= 4 is 22.9 Å². The molecule has 2 fully saturated rings. The first kappa shape index (κ1) is 13.4. The van der Waals surface area contributed by atoms with Crippen LogP contribution in [0.4, 0.5) is 5.82 Å². The van der Waals surface area contributed by atoms with Crippen molar-refractivity contribution in [1.82, 2.24) is 19.5 Å². The molecule has 132 valence electrons. The van der Waals surface area contributed by atoms with E-state index in [9.17, 15) is 4.79 Å². The summed E-state index contributed by atoms with van der Waals surface area (Å²) in [5, 5.41) is 2.79. The van der Waals surface area contributed by atoms with Gasteiger partial charge in [0.05, 0.1) is 12.4 Å². The Morgan fingerprint density at radius 2 is 2.12 bits per heavy atom. The maximum atomic E-state index is 12.5. The average molecular weight is 353 g/mol. The molecule has 3 heterocycles. The van der Waals surface area contributed by atoms with Crippen molar-refractivity contribution in [2.45, 2.75) is 38.0 Å². The highest BCUT2D eigenvalue weighted by atomic mass is 16.5. The van der Waals surface area contributed by atoms with Crippen molar-refractivity contribution in [2.24, 2.45) is 5.92 Å². The number of aromatic nitrogens is 4. The third-order valence-electron chi connectivity index (χ3n) is 4.95. The summed E-state index contributed by atoms with van der Waals surface area (Å²) in [4.78, 5) is 25.3. The molecule has 1 aliphatic heterocycles. The molecular formula is C19H19N5O2. The minimum atomic E-state index is -0.359. The highest BCUT2D eigenvalue weighted by Gasteiger charge is 2.39. The lowest BCUT2D eigenvalue weighted by Crippen LogP contribution is -2.14. The predicted octanol–water partition coefficient (Wildman–Crippen LogP) is 3.17. The van der Waals surface area contributed by atoms with E-state index < -0.39 is 0 Å². The van der Waals surface area contributed by atoms with Gasteiger partial charge in [0.1, 0.15) is 12.6 Å². The Hall–Kier alpha value is -2.80. The van der Waals surface area contributed by atoms with E-state index >= 15 is 0 Å². The van der Waals surface area contributed by atoms with Crippen LogP contribution in [0.1, 0.15) is 45.0 Å². The van der Waals surface area contributed by atoms with Crippen molar-refractivity contribution in [2.75, 3.05) is 5.32 Å². The summed E-state index contributed by atoms with van der Waals surface area (Å²) < 4.78 is 24.2. The molecule has 1 amide bonds. The number of nitrogens with one attached hydrogen (secondary N) is 1. The third-order valence-corrected chi connectivity index (χ3v) is 4.95. The summed E-state index contributed by atoms with van der Waals surface area (Å²) in [6, 6.07) is 8.90. The Balaban J connectivity index is 1.43. The summed E-state index contributed by atoms with van der Waals surface area (Å²) in [7, 11) is 0. The molecule has 2 aliphatic rings. The van der Waals surface area contributed by atoms with Crippen LogP contribution in [0.25, 0.3) is 11.2 Å². The summed E-state index contributed by atoms with van der Waals surface area (Å²) in [5.74, 6) is 0.132. The van der Waals surface area contributed by atoms with Crippen molar-refractivity contribution in [3.05, 3.63) is 48.5 Å². The van der Waals surface area contributed by atoms with Crippen LogP contribution in [-0.2, 0) is 4.74 Å². The summed E-state index contributed by atoms with van der Waals surface area (Å²) in [6.07, 6.45) is 3.08. The highest BCUT2D eigenvalue weighted by Crippen LogP contribution is 2.43. The number of ether oxygens (including phenoxy) is 1. The van der Waals surface area contributed by atoms with Crippen LogP contribution >= 0.6 is 0 Å². The van der Waals surface area contributed by atoms with Crippen LogP contribution in [0.2, 0.25) is 0 Å². The number of hydrogen-bond acceptors (Lipinski definition) is 5. The maximum Gasteiger partial charge on any atom is 0.256 e. The number of nitrogens with zero attached hydrogens (tertiary/aromatic N) is 4. The number of amides is 1. The standard InChI is InChI=1S/C19H19N5O2/c25-19(12-5-2-1-3-6-12)23-17-16-18(21-10-20-17)24(11-22-16)15-9-13-7-4-8-14(13)26-15/h1-3,5-6,10-11,13-15H,4,7-9H2,(H,20,21,23,25)/t13-,14-,15+/m1/s1/i7T,8T/t7-,8-,13-,14-,15+. The predicted molar refractivity (Wildman–Crippen MR) is 95.6 cm³/mol. The number of fused-ring (bicyclic) bond motifs is 2. The quantitative estimate of drug-likeness (QED) is 0.782. The second-order valence-electron chi connectivity index (χ2n) is 6.53. The van der Waals surface area contributed by atoms with Gasteiger partial charge >= 0.3 is 0 Å². The third kappa shape index (κ3) is 2.55. The molecule has 0 spiro atoms. The lowest BCUT2D eigenvalue weighted by molar-refractivity contribution is 0.00170. The molecule has 7 nitrogen and oxygen atoms in total. The second-order valence-corrected chi connectivity index (χ2v) is 6.53. The molecule has 0 radical (unpaired) electrons. The summed E-state index contributed by atoms with van der Waals surface area (Å²) in [5.41, 5.74) is 1.58. The molecule has 1 saturated carbocycles. The highest BCUT2D eigenvalue weighted by molar-refractivity contribution is 6.06. The van der Waals surface area contributed by atoms with E-state index in [1.165, 1.54) is 6.33 Å². The largest absolute Gasteiger partial charge is 0.354 e. The number of carbonyl (C=O) groups excluding carboxylic acids is 1. The van der Waals surface area contributed by atoms with Crippen molar-refractivity contribution in [1.29, 1.82) is 0 Å². The number of imidazole rings is 1. The summed E-state index contributed by atoms with van der Waals surface area (Å²) in [6.45, 7) is 0. The van der Waals surface area contributed by atoms with Crippen LogP contribution in [0.5, 0.6) is 0 Å². The molecule has 7 heteroatoms. The summed E-state index contributed by atoms with van der Waals surface area (Å²) >= 11 is 0. The van der Waals surface area contributed by atoms with E-state index in [0.29, 0.717) is 35.4 Å². The molecule has 0 bridgehead atoms. The van der Waals surface area contributed by atoms with E-state index in [4.69, 9.17) is 7.48 Å². The zero-order valence-electron chi connectivity index (χ0n) is 15.9. The number of carbonyl (C=O) groups is 1. The van der Waals surface area contributed by atoms with E-state index in [1.54, 1.807) is 30.6 Å². The fourth-order valence-corrected chi connectivity index (χ4v) is 3.66. The fraction of sp³-hybridized carbons (Fsp3) is 0.368. The SMILES string of the molecule is [3H][C@@H]1C[C@@H]([3H])[C@H]2O[C@H](n3cnc4c(NC(=O)c5ccccc5)ncnc43)C[C@H]21. The molecule has 0 unspecified atom stereocenters. The van der Waals surface area contributed by atoms with Gasteiger partial charge < -0.3 is 10.1 Å². The Morgan fingerprint density at radius 1 is 1.23 bits per heavy atom. The minimum absolute atomic E-state index is 0.0593. The van der Waals surface area contributed by atoms with Crippen LogP contribution in [0.3, 0.4) is 0 Å². The monoisotopic (exact) mass is 353 g/mol. The van der Waals surface area contributed by atoms with Gasteiger partial charge in [0.15, 0.2) is 17.0 Å². The first-order chi connectivity index (χ1) is 13.6. The van der Waals surface area contributed by atoms with Gasteiger partial charge in [-0.3, -0.25) is 9.36 Å². The fourth-order valence-electron chi connectivity index (χ4n) is 3.66. The van der Waals surface area contributed by atoms with Gasteiger partial charge in [-0.2, -0.15) is 0 Å².